The Morgan fingerprint density at radius 2 is 1.53 bits per heavy atom. The van der Waals surface area contributed by atoms with E-state index in [1.807, 2.05) is 6.92 Å². The maximum absolute atomic E-state index is 12.8. The lowest BCUT2D eigenvalue weighted by molar-refractivity contribution is -0.123. The van der Waals surface area contributed by atoms with Gasteiger partial charge in [0.2, 0.25) is 0 Å². The number of hydrogen-bond donors (Lipinski definition) is 1. The molecule has 1 atom stereocenters. The van der Waals surface area contributed by atoms with Crippen LogP contribution in [0, 0.1) is 6.92 Å². The third-order valence-corrected chi connectivity index (χ3v) is 4.77. The zero-order valence-corrected chi connectivity index (χ0v) is 17.3. The first-order valence-electron chi connectivity index (χ1n) is 9.33. The van der Waals surface area contributed by atoms with Gasteiger partial charge in [0.15, 0.2) is 11.9 Å². The number of amides is 1. The second-order valence-electron chi connectivity index (χ2n) is 6.74. The smallest absolute Gasteiger partial charge is 0.339 e. The van der Waals surface area contributed by atoms with Crippen LogP contribution in [0.25, 0.3) is 0 Å². The van der Waals surface area contributed by atoms with Gasteiger partial charge in [0, 0.05) is 21.8 Å². The molecule has 30 heavy (non-hydrogen) atoms. The number of nitrogens with one attached hydrogen (secondary N) is 1. The van der Waals surface area contributed by atoms with Gasteiger partial charge in [-0.05, 0) is 37.6 Å². The summed E-state index contributed by atoms with van der Waals surface area (Å²) in [6, 6.07) is 20.1. The van der Waals surface area contributed by atoms with Gasteiger partial charge in [-0.1, -0.05) is 66.2 Å². The molecular formula is C24H20ClNO4. The molecule has 3 aromatic carbocycles. The monoisotopic (exact) mass is 421 g/mol. The normalized spacial score (nSPS) is 11.4. The second kappa shape index (κ2) is 9.37. The maximum atomic E-state index is 12.8. The van der Waals surface area contributed by atoms with Crippen LogP contribution < -0.4 is 5.32 Å². The summed E-state index contributed by atoms with van der Waals surface area (Å²) in [7, 11) is 0. The third-order valence-electron chi connectivity index (χ3n) is 4.54. The fraction of sp³-hybridized carbons (Fsp3) is 0.125. The van der Waals surface area contributed by atoms with Crippen molar-refractivity contribution in [3.63, 3.8) is 0 Å². The van der Waals surface area contributed by atoms with E-state index < -0.39 is 18.0 Å². The molecule has 0 fully saturated rings. The standard InChI is InChI=1S/C24H20ClNO4/c1-15-12-13-18(25)14-21(15)26-23(28)16(2)30-24(29)20-11-7-6-10-19(20)22(27)17-8-4-3-5-9-17/h3-14,16H,1-2H3,(H,26,28). The summed E-state index contributed by atoms with van der Waals surface area (Å²) < 4.78 is 5.33. The highest BCUT2D eigenvalue weighted by atomic mass is 35.5. The lowest BCUT2D eigenvalue weighted by atomic mass is 9.98. The van der Waals surface area contributed by atoms with E-state index in [2.05, 4.69) is 5.32 Å². The minimum absolute atomic E-state index is 0.102. The van der Waals surface area contributed by atoms with Gasteiger partial charge in [-0.25, -0.2) is 4.79 Å². The Bertz CT molecular complexity index is 1100. The Kier molecular flexibility index (Phi) is 6.65. The minimum atomic E-state index is -1.07. The third kappa shape index (κ3) is 4.93. The van der Waals surface area contributed by atoms with Crippen molar-refractivity contribution in [2.24, 2.45) is 0 Å². The molecule has 0 aliphatic carbocycles. The van der Waals surface area contributed by atoms with Crippen LogP contribution in [-0.4, -0.2) is 23.8 Å². The van der Waals surface area contributed by atoms with Gasteiger partial charge in [-0.3, -0.25) is 9.59 Å². The van der Waals surface area contributed by atoms with Gasteiger partial charge in [0.1, 0.15) is 0 Å². The number of hydrogen-bond acceptors (Lipinski definition) is 4. The predicted molar refractivity (Wildman–Crippen MR) is 116 cm³/mol. The Hall–Kier alpha value is -3.44. The van der Waals surface area contributed by atoms with Crippen molar-refractivity contribution in [1.29, 1.82) is 0 Å². The molecule has 0 spiro atoms. The molecule has 0 aliphatic heterocycles. The molecule has 1 amide bonds. The molecular weight excluding hydrogens is 402 g/mol. The summed E-state index contributed by atoms with van der Waals surface area (Å²) in [6.07, 6.45) is -1.07. The lowest BCUT2D eigenvalue weighted by Crippen LogP contribution is -2.30. The fourth-order valence-electron chi connectivity index (χ4n) is 2.84. The van der Waals surface area contributed by atoms with Crippen LogP contribution in [-0.2, 0) is 9.53 Å². The van der Waals surface area contributed by atoms with E-state index in [1.54, 1.807) is 66.7 Å². The molecule has 0 saturated carbocycles. The number of anilines is 1. The van der Waals surface area contributed by atoms with Crippen molar-refractivity contribution in [2.45, 2.75) is 20.0 Å². The number of carbonyl (C=O) groups excluding carboxylic acids is 3. The number of ketones is 1. The molecule has 3 aromatic rings. The van der Waals surface area contributed by atoms with Gasteiger partial charge >= 0.3 is 5.97 Å². The first-order chi connectivity index (χ1) is 14.4. The van der Waals surface area contributed by atoms with E-state index in [-0.39, 0.29) is 16.9 Å². The highest BCUT2D eigenvalue weighted by molar-refractivity contribution is 6.31. The molecule has 0 aliphatic rings. The van der Waals surface area contributed by atoms with Gasteiger partial charge < -0.3 is 10.1 Å². The second-order valence-corrected chi connectivity index (χ2v) is 7.17. The number of esters is 1. The Balaban J connectivity index is 1.75. The summed E-state index contributed by atoms with van der Waals surface area (Å²) in [5.41, 5.74) is 2.14. The van der Waals surface area contributed by atoms with Crippen molar-refractivity contribution in [3.05, 3.63) is 100 Å². The first kappa shape index (κ1) is 21.3. The molecule has 0 aromatic heterocycles. The molecule has 0 radical (unpaired) electrons. The number of aryl methyl sites for hydroxylation is 1. The Labute approximate surface area is 179 Å². The maximum Gasteiger partial charge on any atom is 0.339 e. The van der Waals surface area contributed by atoms with Gasteiger partial charge in [0.25, 0.3) is 5.91 Å². The van der Waals surface area contributed by atoms with Crippen LogP contribution in [0.2, 0.25) is 5.02 Å². The van der Waals surface area contributed by atoms with Crippen LogP contribution in [0.1, 0.15) is 38.8 Å². The van der Waals surface area contributed by atoms with Crippen LogP contribution >= 0.6 is 11.6 Å². The largest absolute Gasteiger partial charge is 0.449 e. The van der Waals surface area contributed by atoms with Crippen LogP contribution in [0.15, 0.2) is 72.8 Å². The van der Waals surface area contributed by atoms with E-state index in [1.165, 1.54) is 13.0 Å². The molecule has 0 saturated heterocycles. The summed E-state index contributed by atoms with van der Waals surface area (Å²) in [5.74, 6) is -1.55. The molecule has 5 nitrogen and oxygen atoms in total. The number of benzene rings is 3. The Morgan fingerprint density at radius 1 is 0.900 bits per heavy atom. The fourth-order valence-corrected chi connectivity index (χ4v) is 3.02. The SMILES string of the molecule is Cc1ccc(Cl)cc1NC(=O)C(C)OC(=O)c1ccccc1C(=O)c1ccccc1. The molecule has 6 heteroatoms. The zero-order valence-electron chi connectivity index (χ0n) is 16.5. The van der Waals surface area contributed by atoms with Crippen molar-refractivity contribution < 1.29 is 19.1 Å². The van der Waals surface area contributed by atoms with E-state index in [0.717, 1.165) is 5.56 Å². The zero-order chi connectivity index (χ0) is 21.7. The van der Waals surface area contributed by atoms with Crippen LogP contribution in [0.4, 0.5) is 5.69 Å². The molecule has 1 unspecified atom stereocenters. The first-order valence-corrected chi connectivity index (χ1v) is 9.71. The highest BCUT2D eigenvalue weighted by Crippen LogP contribution is 2.21. The van der Waals surface area contributed by atoms with E-state index >= 15 is 0 Å². The minimum Gasteiger partial charge on any atom is -0.449 e. The van der Waals surface area contributed by atoms with Crippen molar-refractivity contribution in [3.8, 4) is 0 Å². The van der Waals surface area contributed by atoms with E-state index in [4.69, 9.17) is 16.3 Å². The topological polar surface area (TPSA) is 72.5 Å². The number of ether oxygens (including phenoxy) is 1. The molecule has 0 heterocycles. The van der Waals surface area contributed by atoms with Crippen LogP contribution in [0.3, 0.4) is 0 Å². The summed E-state index contributed by atoms with van der Waals surface area (Å²) in [5, 5.41) is 3.18. The van der Waals surface area contributed by atoms with E-state index in [9.17, 15) is 14.4 Å². The van der Waals surface area contributed by atoms with Gasteiger partial charge in [-0.2, -0.15) is 0 Å². The Morgan fingerprint density at radius 3 is 2.23 bits per heavy atom. The summed E-state index contributed by atoms with van der Waals surface area (Å²) >= 11 is 5.97. The summed E-state index contributed by atoms with van der Waals surface area (Å²) in [6.45, 7) is 3.29. The van der Waals surface area contributed by atoms with Gasteiger partial charge in [-0.15, -0.1) is 0 Å². The molecule has 3 rings (SSSR count). The lowest BCUT2D eigenvalue weighted by Gasteiger charge is -2.16. The van der Waals surface area contributed by atoms with Crippen molar-refractivity contribution >= 4 is 34.9 Å². The average molecular weight is 422 g/mol. The van der Waals surface area contributed by atoms with Gasteiger partial charge in [0.05, 0.1) is 5.56 Å². The predicted octanol–water partition coefficient (Wildman–Crippen LogP) is 5.06. The van der Waals surface area contributed by atoms with Crippen LogP contribution in [0.5, 0.6) is 0 Å². The number of halogens is 1. The van der Waals surface area contributed by atoms with E-state index in [0.29, 0.717) is 16.3 Å². The number of rotatable bonds is 6. The molecule has 0 bridgehead atoms. The number of carbonyl (C=O) groups is 3. The highest BCUT2D eigenvalue weighted by Gasteiger charge is 2.23. The molecule has 152 valence electrons. The average Bonchev–Trinajstić information content (AvgIpc) is 2.76. The quantitative estimate of drug-likeness (QED) is 0.446. The summed E-state index contributed by atoms with van der Waals surface area (Å²) in [4.78, 5) is 38.0. The van der Waals surface area contributed by atoms with Crippen molar-refractivity contribution in [2.75, 3.05) is 5.32 Å². The molecule has 1 N–H and O–H groups in total. The van der Waals surface area contributed by atoms with Crippen molar-refractivity contribution in [1.82, 2.24) is 0 Å².